The maximum absolute atomic E-state index is 10.6. The zero-order chi connectivity index (χ0) is 9.56. The van der Waals surface area contributed by atoms with Crippen LogP contribution in [-0.4, -0.2) is 41.5 Å². The maximum Gasteiger partial charge on any atom is 0.143 e. The number of carbonyl (C=O) groups excluding carboxylic acids is 1. The topological polar surface area (TPSA) is 40.5 Å². The molecular weight excluding hydrogens is 154 g/mol. The van der Waals surface area contributed by atoms with Crippen LogP contribution < -0.4 is 0 Å². The Balaban J connectivity index is 0.000000561. The van der Waals surface area contributed by atoms with Gasteiger partial charge in [-0.15, -0.1) is 12.8 Å². The molecule has 1 aliphatic heterocycles. The molecule has 0 aromatic heterocycles. The number of β-amino-alcohol motifs (C(OH)–C–C–N with tert-alkyl or cyclic N) is 1. The van der Waals surface area contributed by atoms with E-state index in [0.717, 1.165) is 13.0 Å². The van der Waals surface area contributed by atoms with Crippen LogP contribution in [0.2, 0.25) is 0 Å². The van der Waals surface area contributed by atoms with Crippen LogP contribution in [-0.2, 0) is 4.79 Å². The Hall–Kier alpha value is -0.850. The standard InChI is InChI=1S/C7H13NO2.C2H2/c1-6(9)4-8-3-2-7(10)5-8;1-2/h7,10H,2-5H2,1H3;1-2H. The fraction of sp³-hybridized carbons (Fsp3) is 0.667. The lowest BCUT2D eigenvalue weighted by atomic mass is 10.3. The van der Waals surface area contributed by atoms with Crippen molar-refractivity contribution in [1.29, 1.82) is 0 Å². The largest absolute Gasteiger partial charge is 0.392 e. The van der Waals surface area contributed by atoms with Crippen LogP contribution in [0.5, 0.6) is 0 Å². The van der Waals surface area contributed by atoms with E-state index in [1.165, 1.54) is 0 Å². The van der Waals surface area contributed by atoms with Crippen molar-refractivity contribution < 1.29 is 9.90 Å². The Morgan fingerprint density at radius 3 is 2.58 bits per heavy atom. The first-order valence-electron chi connectivity index (χ1n) is 3.91. The molecule has 0 bridgehead atoms. The highest BCUT2D eigenvalue weighted by atomic mass is 16.3. The van der Waals surface area contributed by atoms with Crippen molar-refractivity contribution >= 4 is 5.78 Å². The summed E-state index contributed by atoms with van der Waals surface area (Å²) < 4.78 is 0. The summed E-state index contributed by atoms with van der Waals surface area (Å²) in [5, 5.41) is 9.06. The average molecular weight is 169 g/mol. The molecular formula is C9H15NO2. The predicted molar refractivity (Wildman–Crippen MR) is 47.6 cm³/mol. The molecule has 0 spiro atoms. The van der Waals surface area contributed by atoms with E-state index in [4.69, 9.17) is 5.11 Å². The molecule has 0 saturated carbocycles. The van der Waals surface area contributed by atoms with Crippen molar-refractivity contribution in [3.8, 4) is 12.8 Å². The third-order valence-electron chi connectivity index (χ3n) is 1.69. The van der Waals surface area contributed by atoms with Gasteiger partial charge in [-0.3, -0.25) is 9.69 Å². The van der Waals surface area contributed by atoms with Crippen molar-refractivity contribution in [3.63, 3.8) is 0 Å². The number of Topliss-reactive ketones (excluding diaryl/α,β-unsaturated/α-hetero) is 1. The van der Waals surface area contributed by atoms with Crippen molar-refractivity contribution in [2.75, 3.05) is 19.6 Å². The van der Waals surface area contributed by atoms with Gasteiger partial charge in [0.05, 0.1) is 12.6 Å². The number of aliphatic hydroxyl groups excluding tert-OH is 1. The van der Waals surface area contributed by atoms with Gasteiger partial charge in [0, 0.05) is 13.1 Å². The van der Waals surface area contributed by atoms with E-state index in [1.807, 2.05) is 4.90 Å². The molecule has 3 heteroatoms. The van der Waals surface area contributed by atoms with E-state index >= 15 is 0 Å². The molecule has 1 N–H and O–H groups in total. The monoisotopic (exact) mass is 169 g/mol. The van der Waals surface area contributed by atoms with Gasteiger partial charge in [-0.05, 0) is 13.3 Å². The van der Waals surface area contributed by atoms with Crippen molar-refractivity contribution in [1.82, 2.24) is 4.90 Å². The molecule has 3 nitrogen and oxygen atoms in total. The summed E-state index contributed by atoms with van der Waals surface area (Å²) in [6.45, 7) is 3.60. The van der Waals surface area contributed by atoms with Crippen molar-refractivity contribution in [3.05, 3.63) is 0 Å². The number of aliphatic hydroxyl groups is 1. The van der Waals surface area contributed by atoms with Gasteiger partial charge in [0.15, 0.2) is 0 Å². The van der Waals surface area contributed by atoms with E-state index < -0.39 is 0 Å². The summed E-state index contributed by atoms with van der Waals surface area (Å²) in [5.41, 5.74) is 0. The maximum atomic E-state index is 10.6. The molecule has 68 valence electrons. The SMILES string of the molecule is C#C.CC(=O)CN1CCC(O)C1. The summed E-state index contributed by atoms with van der Waals surface area (Å²) in [7, 11) is 0. The minimum Gasteiger partial charge on any atom is -0.392 e. The molecule has 0 aromatic rings. The molecule has 0 aromatic carbocycles. The molecule has 12 heavy (non-hydrogen) atoms. The number of hydrogen-bond donors (Lipinski definition) is 1. The predicted octanol–water partition coefficient (Wildman–Crippen LogP) is -0.109. The average Bonchev–Trinajstić information content (AvgIpc) is 2.39. The zero-order valence-electron chi connectivity index (χ0n) is 7.36. The number of nitrogens with zero attached hydrogens (tertiary/aromatic N) is 1. The van der Waals surface area contributed by atoms with Gasteiger partial charge in [0.2, 0.25) is 0 Å². The normalized spacial score (nSPS) is 22.8. The zero-order valence-corrected chi connectivity index (χ0v) is 7.36. The van der Waals surface area contributed by atoms with Crippen LogP contribution in [0.4, 0.5) is 0 Å². The molecule has 1 saturated heterocycles. The van der Waals surface area contributed by atoms with Gasteiger partial charge in [0.1, 0.15) is 5.78 Å². The molecule has 0 radical (unpaired) electrons. The first kappa shape index (κ1) is 11.2. The summed E-state index contributed by atoms with van der Waals surface area (Å²) in [5.74, 6) is 0.175. The summed E-state index contributed by atoms with van der Waals surface area (Å²) in [6.07, 6.45) is 8.60. The first-order chi connectivity index (χ1) is 5.68. The van der Waals surface area contributed by atoms with E-state index in [1.54, 1.807) is 6.92 Å². The molecule has 1 unspecified atom stereocenters. The van der Waals surface area contributed by atoms with Crippen LogP contribution in [0.25, 0.3) is 0 Å². The second-order valence-electron chi connectivity index (χ2n) is 2.88. The van der Waals surface area contributed by atoms with E-state index in [-0.39, 0.29) is 11.9 Å². The number of ketones is 1. The van der Waals surface area contributed by atoms with Crippen LogP contribution >= 0.6 is 0 Å². The van der Waals surface area contributed by atoms with Gasteiger partial charge in [-0.2, -0.15) is 0 Å². The number of terminal acetylenes is 1. The molecule has 0 aliphatic carbocycles. The Morgan fingerprint density at radius 2 is 2.25 bits per heavy atom. The highest BCUT2D eigenvalue weighted by Gasteiger charge is 2.20. The minimum absolute atomic E-state index is 0.175. The fourth-order valence-corrected chi connectivity index (χ4v) is 1.27. The van der Waals surface area contributed by atoms with Crippen LogP contribution in [0.15, 0.2) is 0 Å². The Labute approximate surface area is 73.4 Å². The van der Waals surface area contributed by atoms with Crippen LogP contribution in [0, 0.1) is 12.8 Å². The lowest BCUT2D eigenvalue weighted by Crippen LogP contribution is -2.27. The number of rotatable bonds is 2. The lowest BCUT2D eigenvalue weighted by Gasteiger charge is -2.11. The molecule has 1 aliphatic rings. The van der Waals surface area contributed by atoms with E-state index in [2.05, 4.69) is 12.8 Å². The van der Waals surface area contributed by atoms with Crippen molar-refractivity contribution in [2.24, 2.45) is 0 Å². The minimum atomic E-state index is -0.209. The number of likely N-dealkylation sites (tertiary alicyclic amines) is 1. The Morgan fingerprint density at radius 1 is 1.67 bits per heavy atom. The molecule has 1 heterocycles. The summed E-state index contributed by atoms with van der Waals surface area (Å²) >= 11 is 0. The third-order valence-corrected chi connectivity index (χ3v) is 1.69. The van der Waals surface area contributed by atoms with E-state index in [0.29, 0.717) is 13.1 Å². The van der Waals surface area contributed by atoms with Gasteiger partial charge in [-0.1, -0.05) is 0 Å². The van der Waals surface area contributed by atoms with Gasteiger partial charge in [0.25, 0.3) is 0 Å². The number of hydrogen-bond acceptors (Lipinski definition) is 3. The van der Waals surface area contributed by atoms with Gasteiger partial charge in [-0.25, -0.2) is 0 Å². The Kier molecular flexibility index (Phi) is 5.35. The molecule has 1 fully saturated rings. The third kappa shape index (κ3) is 4.12. The van der Waals surface area contributed by atoms with Crippen molar-refractivity contribution in [2.45, 2.75) is 19.4 Å². The second kappa shape index (κ2) is 5.76. The molecule has 1 atom stereocenters. The highest BCUT2D eigenvalue weighted by molar-refractivity contribution is 5.77. The summed E-state index contributed by atoms with van der Waals surface area (Å²) in [4.78, 5) is 12.6. The first-order valence-corrected chi connectivity index (χ1v) is 3.91. The molecule has 0 amide bonds. The van der Waals surface area contributed by atoms with Gasteiger partial charge >= 0.3 is 0 Å². The smallest absolute Gasteiger partial charge is 0.143 e. The molecule has 1 rings (SSSR count). The van der Waals surface area contributed by atoms with E-state index in [9.17, 15) is 4.79 Å². The van der Waals surface area contributed by atoms with Gasteiger partial charge < -0.3 is 5.11 Å². The van der Waals surface area contributed by atoms with Crippen LogP contribution in [0.3, 0.4) is 0 Å². The highest BCUT2D eigenvalue weighted by Crippen LogP contribution is 2.07. The lowest BCUT2D eigenvalue weighted by molar-refractivity contribution is -0.117. The second-order valence-corrected chi connectivity index (χ2v) is 2.88. The number of carbonyl (C=O) groups is 1. The fourth-order valence-electron chi connectivity index (χ4n) is 1.27. The quantitative estimate of drug-likeness (QED) is 0.586. The van der Waals surface area contributed by atoms with Crippen LogP contribution in [0.1, 0.15) is 13.3 Å². The Bertz CT molecular complexity index is 165. The summed E-state index contributed by atoms with van der Waals surface area (Å²) in [6, 6.07) is 0.